The lowest BCUT2D eigenvalue weighted by molar-refractivity contribution is -0.132. The van der Waals surface area contributed by atoms with E-state index in [0.717, 1.165) is 15.4 Å². The number of H-pyrrole nitrogens is 1. The molecule has 0 fully saturated rings. The second-order valence-corrected chi connectivity index (χ2v) is 6.42. The van der Waals surface area contributed by atoms with Crippen LogP contribution in [0.15, 0.2) is 53.0 Å². The molecule has 1 unspecified atom stereocenters. The number of benzene rings is 2. The topological polar surface area (TPSA) is 56.3 Å². The Morgan fingerprint density at radius 3 is 2.73 bits per heavy atom. The minimum atomic E-state index is -1.69. The van der Waals surface area contributed by atoms with E-state index in [1.807, 2.05) is 42.5 Å². The van der Waals surface area contributed by atoms with Crippen LogP contribution in [0.5, 0.6) is 0 Å². The maximum Gasteiger partial charge on any atom is 0.269 e. The summed E-state index contributed by atoms with van der Waals surface area (Å²) in [4.78, 5) is 17.4. The number of para-hydroxylation sites is 1. The SMILES string of the molecule is CN1C(=O)C(O)(c2cc3ccccc3[nH]2)c2cc(Br)ccc21. The van der Waals surface area contributed by atoms with Gasteiger partial charge in [0.1, 0.15) is 0 Å². The van der Waals surface area contributed by atoms with Crippen molar-refractivity contribution in [2.75, 3.05) is 11.9 Å². The number of aromatic amines is 1. The summed E-state index contributed by atoms with van der Waals surface area (Å²) in [6.07, 6.45) is 0. The van der Waals surface area contributed by atoms with Crippen LogP contribution in [0.25, 0.3) is 10.9 Å². The summed E-state index contributed by atoms with van der Waals surface area (Å²) in [7, 11) is 1.68. The largest absolute Gasteiger partial charge is 0.371 e. The fourth-order valence-corrected chi connectivity index (χ4v) is 3.45. The monoisotopic (exact) mass is 356 g/mol. The summed E-state index contributed by atoms with van der Waals surface area (Å²) < 4.78 is 0.823. The lowest BCUT2D eigenvalue weighted by Crippen LogP contribution is -2.39. The Balaban J connectivity index is 2.00. The van der Waals surface area contributed by atoms with Crippen LogP contribution in [-0.2, 0) is 10.4 Å². The van der Waals surface area contributed by atoms with Gasteiger partial charge in [-0.25, -0.2) is 0 Å². The van der Waals surface area contributed by atoms with E-state index in [0.29, 0.717) is 16.9 Å². The van der Waals surface area contributed by atoms with Crippen LogP contribution < -0.4 is 4.90 Å². The van der Waals surface area contributed by atoms with Crippen molar-refractivity contribution in [2.24, 2.45) is 0 Å². The number of hydrogen-bond acceptors (Lipinski definition) is 2. The summed E-state index contributed by atoms with van der Waals surface area (Å²) in [6, 6.07) is 15.0. The average molecular weight is 357 g/mol. The Kier molecular flexibility index (Phi) is 2.74. The number of aromatic nitrogens is 1. The molecule has 4 nitrogen and oxygen atoms in total. The molecule has 22 heavy (non-hydrogen) atoms. The minimum Gasteiger partial charge on any atom is -0.371 e. The Labute approximate surface area is 135 Å². The van der Waals surface area contributed by atoms with Crippen LogP contribution >= 0.6 is 15.9 Å². The average Bonchev–Trinajstić information content (AvgIpc) is 3.03. The van der Waals surface area contributed by atoms with Gasteiger partial charge < -0.3 is 15.0 Å². The first kappa shape index (κ1) is 13.5. The van der Waals surface area contributed by atoms with E-state index < -0.39 is 5.60 Å². The number of aliphatic hydroxyl groups is 1. The highest BCUT2D eigenvalue weighted by atomic mass is 79.9. The van der Waals surface area contributed by atoms with E-state index in [1.165, 1.54) is 4.90 Å². The summed E-state index contributed by atoms with van der Waals surface area (Å²) >= 11 is 3.41. The van der Waals surface area contributed by atoms with Crippen molar-refractivity contribution in [1.82, 2.24) is 4.98 Å². The van der Waals surface area contributed by atoms with Crippen molar-refractivity contribution in [3.63, 3.8) is 0 Å². The van der Waals surface area contributed by atoms with Gasteiger partial charge in [0.15, 0.2) is 0 Å². The third-order valence-electron chi connectivity index (χ3n) is 4.24. The Morgan fingerprint density at radius 1 is 1.18 bits per heavy atom. The second-order valence-electron chi connectivity index (χ2n) is 5.51. The number of halogens is 1. The van der Waals surface area contributed by atoms with Gasteiger partial charge in [0.25, 0.3) is 5.91 Å². The normalized spacial score (nSPS) is 20.7. The van der Waals surface area contributed by atoms with Gasteiger partial charge in [-0.2, -0.15) is 0 Å². The van der Waals surface area contributed by atoms with E-state index in [2.05, 4.69) is 20.9 Å². The number of carbonyl (C=O) groups excluding carboxylic acids is 1. The fourth-order valence-electron chi connectivity index (χ4n) is 3.09. The number of amides is 1. The molecule has 0 saturated heterocycles. The number of fused-ring (bicyclic) bond motifs is 2. The maximum absolute atomic E-state index is 12.7. The predicted molar refractivity (Wildman–Crippen MR) is 88.8 cm³/mol. The standard InChI is InChI=1S/C17H13BrN2O2/c1-20-14-7-6-11(18)9-12(14)17(22,16(20)21)15-8-10-4-2-3-5-13(10)19-15/h2-9,19,22H,1H3. The summed E-state index contributed by atoms with van der Waals surface area (Å²) in [5, 5.41) is 12.2. The molecule has 1 amide bonds. The van der Waals surface area contributed by atoms with Crippen molar-refractivity contribution in [1.29, 1.82) is 0 Å². The van der Waals surface area contributed by atoms with Gasteiger partial charge in [0.05, 0.1) is 11.4 Å². The lowest BCUT2D eigenvalue weighted by atomic mass is 9.92. The van der Waals surface area contributed by atoms with E-state index in [9.17, 15) is 9.90 Å². The first-order valence-electron chi connectivity index (χ1n) is 6.90. The van der Waals surface area contributed by atoms with Gasteiger partial charge in [-0.15, -0.1) is 0 Å². The van der Waals surface area contributed by atoms with Crippen LogP contribution in [0.3, 0.4) is 0 Å². The molecule has 110 valence electrons. The Hall–Kier alpha value is -2.11. The zero-order valence-electron chi connectivity index (χ0n) is 11.8. The zero-order valence-corrected chi connectivity index (χ0v) is 13.4. The van der Waals surface area contributed by atoms with Gasteiger partial charge in [0.2, 0.25) is 5.60 Å². The molecule has 3 aromatic rings. The van der Waals surface area contributed by atoms with Gasteiger partial charge in [-0.3, -0.25) is 4.79 Å². The molecule has 0 saturated carbocycles. The molecule has 1 atom stereocenters. The molecule has 0 radical (unpaired) electrons. The summed E-state index contributed by atoms with van der Waals surface area (Å²) in [5.74, 6) is -0.354. The second kappa shape index (κ2) is 4.44. The summed E-state index contributed by atoms with van der Waals surface area (Å²) in [6.45, 7) is 0. The lowest BCUT2D eigenvalue weighted by Gasteiger charge is -2.20. The van der Waals surface area contributed by atoms with E-state index in [-0.39, 0.29) is 5.91 Å². The van der Waals surface area contributed by atoms with E-state index in [4.69, 9.17) is 0 Å². The first-order chi connectivity index (χ1) is 10.5. The molecule has 0 spiro atoms. The third kappa shape index (κ3) is 1.63. The van der Waals surface area contributed by atoms with Crippen LogP contribution in [0.2, 0.25) is 0 Å². The number of hydrogen-bond donors (Lipinski definition) is 2. The smallest absolute Gasteiger partial charge is 0.269 e. The fraction of sp³-hybridized carbons (Fsp3) is 0.118. The molecule has 1 aliphatic heterocycles. The maximum atomic E-state index is 12.7. The molecule has 5 heteroatoms. The Bertz CT molecular complexity index is 885. The highest BCUT2D eigenvalue weighted by molar-refractivity contribution is 9.10. The van der Waals surface area contributed by atoms with Gasteiger partial charge in [-0.1, -0.05) is 34.1 Å². The van der Waals surface area contributed by atoms with Crippen LogP contribution in [-0.4, -0.2) is 23.0 Å². The van der Waals surface area contributed by atoms with Crippen molar-refractivity contribution < 1.29 is 9.90 Å². The quantitative estimate of drug-likeness (QED) is 0.703. The van der Waals surface area contributed by atoms with Gasteiger partial charge >= 0.3 is 0 Å². The van der Waals surface area contributed by atoms with Gasteiger partial charge in [0, 0.05) is 22.6 Å². The number of rotatable bonds is 1. The summed E-state index contributed by atoms with van der Waals surface area (Å²) in [5.41, 5.74) is 0.995. The highest BCUT2D eigenvalue weighted by Crippen LogP contribution is 2.44. The molecular formula is C17H13BrN2O2. The molecule has 1 aliphatic rings. The number of anilines is 1. The van der Waals surface area contributed by atoms with Crippen molar-refractivity contribution in [3.8, 4) is 0 Å². The molecular weight excluding hydrogens is 344 g/mol. The van der Waals surface area contributed by atoms with Crippen molar-refractivity contribution in [2.45, 2.75) is 5.60 Å². The number of likely N-dealkylation sites (N-methyl/N-ethyl adjacent to an activating group) is 1. The molecule has 1 aromatic heterocycles. The molecule has 2 N–H and O–H groups in total. The minimum absolute atomic E-state index is 0.354. The van der Waals surface area contributed by atoms with Gasteiger partial charge in [-0.05, 0) is 35.7 Å². The predicted octanol–water partition coefficient (Wildman–Crippen LogP) is 3.14. The molecule has 0 aliphatic carbocycles. The van der Waals surface area contributed by atoms with E-state index in [1.54, 1.807) is 13.1 Å². The van der Waals surface area contributed by atoms with E-state index >= 15 is 0 Å². The first-order valence-corrected chi connectivity index (χ1v) is 7.70. The van der Waals surface area contributed by atoms with Crippen molar-refractivity contribution in [3.05, 3.63) is 64.3 Å². The molecule has 2 aromatic carbocycles. The van der Waals surface area contributed by atoms with Crippen LogP contribution in [0.4, 0.5) is 5.69 Å². The molecule has 2 heterocycles. The number of carbonyl (C=O) groups is 1. The van der Waals surface area contributed by atoms with Crippen LogP contribution in [0, 0.1) is 0 Å². The third-order valence-corrected chi connectivity index (χ3v) is 4.74. The van der Waals surface area contributed by atoms with Crippen LogP contribution in [0.1, 0.15) is 11.3 Å². The highest BCUT2D eigenvalue weighted by Gasteiger charge is 2.51. The zero-order chi connectivity index (χ0) is 15.5. The number of nitrogens with zero attached hydrogens (tertiary/aromatic N) is 1. The molecule has 0 bridgehead atoms. The van der Waals surface area contributed by atoms with Crippen molar-refractivity contribution >= 4 is 38.4 Å². The molecule has 4 rings (SSSR count). The number of nitrogens with one attached hydrogen (secondary N) is 1. The Morgan fingerprint density at radius 2 is 1.95 bits per heavy atom.